The molecule has 0 saturated heterocycles. The van der Waals surface area contributed by atoms with Gasteiger partial charge < -0.3 is 10.6 Å². The Kier molecular flexibility index (Phi) is 5.73. The molecule has 0 atom stereocenters. The molecule has 5 nitrogen and oxygen atoms in total. The highest BCUT2D eigenvalue weighted by molar-refractivity contribution is 6.05. The Morgan fingerprint density at radius 1 is 0.926 bits per heavy atom. The highest BCUT2D eigenvalue weighted by Crippen LogP contribution is 2.21. The lowest BCUT2D eigenvalue weighted by Crippen LogP contribution is -2.36. The second kappa shape index (κ2) is 8.20. The number of hydrogen-bond acceptors (Lipinski definition) is 3. The zero-order valence-electron chi connectivity index (χ0n) is 14.4. The smallest absolute Gasteiger partial charge is 0.257 e. The van der Waals surface area contributed by atoms with E-state index >= 15 is 0 Å². The van der Waals surface area contributed by atoms with Crippen LogP contribution in [0.25, 0.3) is 0 Å². The Hall–Kier alpha value is -2.90. The highest BCUT2D eigenvalue weighted by Gasteiger charge is 2.19. The van der Waals surface area contributed by atoms with Gasteiger partial charge in [0, 0.05) is 18.4 Å². The van der Waals surface area contributed by atoms with E-state index in [2.05, 4.69) is 15.6 Å². The van der Waals surface area contributed by atoms with E-state index in [4.69, 9.17) is 0 Å². The fourth-order valence-corrected chi connectivity index (χ4v) is 3.02. The van der Waals surface area contributed by atoms with Crippen molar-refractivity contribution in [3.63, 3.8) is 0 Å². The van der Waals surface area contributed by atoms with Crippen LogP contribution in [-0.4, -0.2) is 22.8 Å². The molecule has 0 spiro atoms. The molecule has 1 aromatic carbocycles. The van der Waals surface area contributed by atoms with Crippen LogP contribution in [0, 0.1) is 17.5 Å². The van der Waals surface area contributed by atoms with Crippen molar-refractivity contribution in [2.45, 2.75) is 38.1 Å². The topological polar surface area (TPSA) is 71.1 Å². The molecule has 2 aromatic rings. The summed E-state index contributed by atoms with van der Waals surface area (Å²) in [5.74, 6) is -5.66. The van der Waals surface area contributed by atoms with Crippen molar-refractivity contribution < 1.29 is 22.8 Å². The Balaban J connectivity index is 1.72. The first-order valence-corrected chi connectivity index (χ1v) is 8.66. The maximum atomic E-state index is 13.7. The SMILES string of the molecule is O=C(Nc1ccc(F)c(F)c1F)c1cncc(C(=O)NC2CCCCC2)c1. The van der Waals surface area contributed by atoms with Crippen LogP contribution in [0.15, 0.2) is 30.6 Å². The second-order valence-corrected chi connectivity index (χ2v) is 6.45. The molecule has 1 saturated carbocycles. The number of anilines is 1. The number of halogens is 3. The molecule has 2 amide bonds. The fourth-order valence-electron chi connectivity index (χ4n) is 3.02. The molecule has 0 unspecified atom stereocenters. The van der Waals surface area contributed by atoms with Gasteiger partial charge in [-0.2, -0.15) is 0 Å². The summed E-state index contributed by atoms with van der Waals surface area (Å²) in [6.07, 6.45) is 7.63. The molecular weight excluding hydrogens is 359 g/mol. The molecule has 0 aliphatic heterocycles. The van der Waals surface area contributed by atoms with Crippen LogP contribution in [0.4, 0.5) is 18.9 Å². The van der Waals surface area contributed by atoms with Gasteiger partial charge in [0.1, 0.15) is 0 Å². The van der Waals surface area contributed by atoms with E-state index < -0.39 is 29.0 Å². The minimum atomic E-state index is -1.67. The fraction of sp³-hybridized carbons (Fsp3) is 0.316. The third kappa shape index (κ3) is 4.45. The van der Waals surface area contributed by atoms with Gasteiger partial charge in [-0.05, 0) is 31.0 Å². The summed E-state index contributed by atoms with van der Waals surface area (Å²) in [5.41, 5.74) is -0.314. The average molecular weight is 377 g/mol. The molecule has 1 aliphatic carbocycles. The molecule has 1 heterocycles. The molecule has 1 fully saturated rings. The van der Waals surface area contributed by atoms with Crippen molar-refractivity contribution in [2.75, 3.05) is 5.32 Å². The van der Waals surface area contributed by atoms with Crippen LogP contribution in [0.2, 0.25) is 0 Å². The molecule has 142 valence electrons. The van der Waals surface area contributed by atoms with Gasteiger partial charge in [0.15, 0.2) is 17.5 Å². The van der Waals surface area contributed by atoms with Crippen LogP contribution in [0.1, 0.15) is 52.8 Å². The predicted molar refractivity (Wildman–Crippen MR) is 92.8 cm³/mol. The number of nitrogens with one attached hydrogen (secondary N) is 2. The third-order valence-electron chi connectivity index (χ3n) is 4.49. The summed E-state index contributed by atoms with van der Waals surface area (Å²) >= 11 is 0. The van der Waals surface area contributed by atoms with Crippen molar-refractivity contribution in [3.05, 3.63) is 59.2 Å². The Bertz CT molecular complexity index is 867. The van der Waals surface area contributed by atoms with Gasteiger partial charge >= 0.3 is 0 Å². The quantitative estimate of drug-likeness (QED) is 0.796. The minimum Gasteiger partial charge on any atom is -0.349 e. The normalized spacial score (nSPS) is 14.6. The van der Waals surface area contributed by atoms with E-state index in [-0.39, 0.29) is 23.1 Å². The minimum absolute atomic E-state index is 0.00423. The number of aromatic nitrogens is 1. The standard InChI is InChI=1S/C19H18F3N3O2/c20-14-6-7-15(17(22)16(14)21)25-19(27)12-8-11(9-23-10-12)18(26)24-13-4-2-1-3-5-13/h6-10,13H,1-5H2,(H,24,26)(H,25,27). The molecule has 0 radical (unpaired) electrons. The van der Waals surface area contributed by atoms with E-state index in [1.165, 1.54) is 18.5 Å². The number of amides is 2. The van der Waals surface area contributed by atoms with Crippen LogP contribution >= 0.6 is 0 Å². The number of carbonyl (C=O) groups excluding carboxylic acids is 2. The lowest BCUT2D eigenvalue weighted by Gasteiger charge is -2.22. The van der Waals surface area contributed by atoms with Gasteiger partial charge in [-0.25, -0.2) is 13.2 Å². The van der Waals surface area contributed by atoms with Crippen molar-refractivity contribution in [3.8, 4) is 0 Å². The molecule has 27 heavy (non-hydrogen) atoms. The van der Waals surface area contributed by atoms with Crippen molar-refractivity contribution in [1.29, 1.82) is 0 Å². The lowest BCUT2D eigenvalue weighted by molar-refractivity contribution is 0.0927. The van der Waals surface area contributed by atoms with Gasteiger partial charge in [0.2, 0.25) is 0 Å². The van der Waals surface area contributed by atoms with E-state index in [9.17, 15) is 22.8 Å². The van der Waals surface area contributed by atoms with Gasteiger partial charge in [0.05, 0.1) is 16.8 Å². The summed E-state index contributed by atoms with van der Waals surface area (Å²) in [4.78, 5) is 28.5. The van der Waals surface area contributed by atoms with Crippen LogP contribution in [0.3, 0.4) is 0 Å². The number of hydrogen-bond donors (Lipinski definition) is 2. The largest absolute Gasteiger partial charge is 0.349 e. The zero-order chi connectivity index (χ0) is 19.4. The van der Waals surface area contributed by atoms with E-state index in [1.807, 2.05) is 0 Å². The Morgan fingerprint density at radius 2 is 1.59 bits per heavy atom. The second-order valence-electron chi connectivity index (χ2n) is 6.45. The summed E-state index contributed by atoms with van der Waals surface area (Å²) < 4.78 is 39.9. The first-order valence-electron chi connectivity index (χ1n) is 8.66. The first kappa shape index (κ1) is 18.9. The molecule has 3 rings (SSSR count). The Labute approximate surface area is 154 Å². The molecule has 2 N–H and O–H groups in total. The Morgan fingerprint density at radius 3 is 2.30 bits per heavy atom. The molecular formula is C19H18F3N3O2. The molecule has 1 aliphatic rings. The van der Waals surface area contributed by atoms with E-state index in [0.29, 0.717) is 6.07 Å². The van der Waals surface area contributed by atoms with Gasteiger partial charge in [-0.15, -0.1) is 0 Å². The lowest BCUT2D eigenvalue weighted by atomic mass is 9.95. The van der Waals surface area contributed by atoms with Gasteiger partial charge in [-0.3, -0.25) is 14.6 Å². The number of nitrogens with zero attached hydrogens (tertiary/aromatic N) is 1. The number of carbonyl (C=O) groups is 2. The van der Waals surface area contributed by atoms with Crippen LogP contribution in [0.5, 0.6) is 0 Å². The van der Waals surface area contributed by atoms with Crippen molar-refractivity contribution in [2.24, 2.45) is 0 Å². The monoisotopic (exact) mass is 377 g/mol. The third-order valence-corrected chi connectivity index (χ3v) is 4.49. The van der Waals surface area contributed by atoms with E-state index in [0.717, 1.165) is 38.2 Å². The first-order chi connectivity index (χ1) is 13.0. The number of pyridine rings is 1. The summed E-state index contributed by atoms with van der Waals surface area (Å²) in [6, 6.07) is 3.04. The highest BCUT2D eigenvalue weighted by atomic mass is 19.2. The van der Waals surface area contributed by atoms with Crippen molar-refractivity contribution >= 4 is 17.5 Å². The number of rotatable bonds is 4. The molecule has 0 bridgehead atoms. The van der Waals surface area contributed by atoms with Gasteiger partial charge in [0.25, 0.3) is 11.8 Å². The maximum Gasteiger partial charge on any atom is 0.257 e. The number of benzene rings is 1. The summed E-state index contributed by atoms with van der Waals surface area (Å²) in [6.45, 7) is 0. The van der Waals surface area contributed by atoms with Gasteiger partial charge in [-0.1, -0.05) is 19.3 Å². The average Bonchev–Trinajstić information content (AvgIpc) is 2.69. The van der Waals surface area contributed by atoms with E-state index in [1.54, 1.807) is 0 Å². The summed E-state index contributed by atoms with van der Waals surface area (Å²) in [5, 5.41) is 5.06. The van der Waals surface area contributed by atoms with Crippen LogP contribution < -0.4 is 10.6 Å². The zero-order valence-corrected chi connectivity index (χ0v) is 14.4. The summed E-state index contributed by atoms with van der Waals surface area (Å²) in [7, 11) is 0. The maximum absolute atomic E-state index is 13.7. The van der Waals surface area contributed by atoms with Crippen LogP contribution in [-0.2, 0) is 0 Å². The predicted octanol–water partition coefficient (Wildman–Crippen LogP) is 3.81. The molecule has 1 aromatic heterocycles. The molecule has 8 heteroatoms. The van der Waals surface area contributed by atoms with Crippen molar-refractivity contribution in [1.82, 2.24) is 10.3 Å².